The number of rotatable bonds is 2. The lowest BCUT2D eigenvalue weighted by atomic mass is 9.97. The van der Waals surface area contributed by atoms with Crippen LogP contribution in [0, 0.1) is 12.7 Å². The Morgan fingerprint density at radius 1 is 1.16 bits per heavy atom. The second-order valence-corrected chi connectivity index (χ2v) is 5.84. The number of benzene rings is 2. The van der Waals surface area contributed by atoms with Crippen LogP contribution in [0.15, 0.2) is 34.8 Å². The molecule has 19 heavy (non-hydrogen) atoms. The summed E-state index contributed by atoms with van der Waals surface area (Å²) in [5.41, 5.74) is 1.53. The average molecular weight is 364 g/mol. The molecule has 0 aliphatic heterocycles. The van der Waals surface area contributed by atoms with Crippen molar-refractivity contribution in [2.75, 3.05) is 0 Å². The summed E-state index contributed by atoms with van der Waals surface area (Å²) in [6.45, 7) is 1.81. The zero-order valence-corrected chi connectivity index (χ0v) is 13.0. The molecule has 0 radical (unpaired) electrons. The van der Waals surface area contributed by atoms with Gasteiger partial charge in [-0.25, -0.2) is 4.39 Å². The molecule has 1 nitrogen and oxygen atoms in total. The highest BCUT2D eigenvalue weighted by atomic mass is 79.9. The lowest BCUT2D eigenvalue weighted by molar-refractivity contribution is 0.214. The number of hydrogen-bond acceptors (Lipinski definition) is 1. The standard InChI is InChI=1S/C14H10BrCl2FO/c1-7-6-8(16)2-3-9(7)14(19)10-4-5-11(15)12(17)13(10)18/h2-6,14,19H,1H3. The highest BCUT2D eigenvalue weighted by molar-refractivity contribution is 9.10. The molecule has 1 atom stereocenters. The lowest BCUT2D eigenvalue weighted by Gasteiger charge is -2.16. The van der Waals surface area contributed by atoms with Crippen LogP contribution >= 0.6 is 39.1 Å². The first kappa shape index (κ1) is 14.8. The van der Waals surface area contributed by atoms with Crippen LogP contribution in [0.1, 0.15) is 22.8 Å². The molecule has 100 valence electrons. The van der Waals surface area contributed by atoms with E-state index in [1.165, 1.54) is 6.07 Å². The summed E-state index contributed by atoms with van der Waals surface area (Å²) < 4.78 is 14.5. The molecule has 2 rings (SSSR count). The molecular formula is C14H10BrCl2FO. The Bertz CT molecular complexity index is 631. The first-order valence-corrected chi connectivity index (χ1v) is 7.04. The predicted octanol–water partition coefficient (Wildman–Crippen LogP) is 5.29. The van der Waals surface area contributed by atoms with E-state index in [4.69, 9.17) is 23.2 Å². The Kier molecular flexibility index (Phi) is 4.51. The van der Waals surface area contributed by atoms with Crippen LogP contribution in [-0.2, 0) is 0 Å². The Morgan fingerprint density at radius 2 is 1.79 bits per heavy atom. The van der Waals surface area contributed by atoms with Crippen molar-refractivity contribution >= 4 is 39.1 Å². The maximum atomic E-state index is 14.1. The highest BCUT2D eigenvalue weighted by Crippen LogP contribution is 2.34. The molecule has 0 bridgehead atoms. The van der Waals surface area contributed by atoms with Gasteiger partial charge in [-0.1, -0.05) is 35.3 Å². The third-order valence-electron chi connectivity index (χ3n) is 2.89. The van der Waals surface area contributed by atoms with Crippen molar-refractivity contribution in [1.29, 1.82) is 0 Å². The Labute approximate surface area is 129 Å². The molecule has 0 saturated heterocycles. The zero-order valence-electron chi connectivity index (χ0n) is 9.92. The van der Waals surface area contributed by atoms with Gasteiger partial charge in [0.2, 0.25) is 0 Å². The van der Waals surface area contributed by atoms with Crippen molar-refractivity contribution in [3.05, 3.63) is 67.4 Å². The Morgan fingerprint density at radius 3 is 2.42 bits per heavy atom. The summed E-state index contributed by atoms with van der Waals surface area (Å²) in [5, 5.41) is 10.8. The van der Waals surface area contributed by atoms with Crippen LogP contribution in [0.3, 0.4) is 0 Å². The van der Waals surface area contributed by atoms with Crippen molar-refractivity contribution in [2.24, 2.45) is 0 Å². The van der Waals surface area contributed by atoms with Crippen LogP contribution in [0.4, 0.5) is 4.39 Å². The van der Waals surface area contributed by atoms with Gasteiger partial charge in [0.05, 0.1) is 5.02 Å². The van der Waals surface area contributed by atoms with Crippen molar-refractivity contribution in [3.63, 3.8) is 0 Å². The molecule has 1 N–H and O–H groups in total. The van der Waals surface area contributed by atoms with Crippen molar-refractivity contribution < 1.29 is 9.50 Å². The normalized spacial score (nSPS) is 12.5. The molecule has 0 spiro atoms. The van der Waals surface area contributed by atoms with Gasteiger partial charge in [-0.15, -0.1) is 0 Å². The number of aliphatic hydroxyl groups is 1. The fourth-order valence-corrected chi connectivity index (χ4v) is 2.57. The SMILES string of the molecule is Cc1cc(Cl)ccc1C(O)c1ccc(Br)c(Cl)c1F. The van der Waals surface area contributed by atoms with E-state index in [1.807, 2.05) is 6.92 Å². The van der Waals surface area contributed by atoms with Gasteiger partial charge in [0.25, 0.3) is 0 Å². The Balaban J connectivity index is 2.50. The van der Waals surface area contributed by atoms with E-state index in [1.54, 1.807) is 24.3 Å². The van der Waals surface area contributed by atoms with E-state index in [0.29, 0.717) is 15.1 Å². The van der Waals surface area contributed by atoms with Crippen LogP contribution < -0.4 is 0 Å². The van der Waals surface area contributed by atoms with Gasteiger partial charge in [-0.2, -0.15) is 0 Å². The molecular weight excluding hydrogens is 354 g/mol. The zero-order chi connectivity index (χ0) is 14.2. The minimum absolute atomic E-state index is 0.0387. The molecule has 0 amide bonds. The Hall–Kier alpha value is -0.610. The van der Waals surface area contributed by atoms with Gasteiger partial charge in [0, 0.05) is 15.1 Å². The van der Waals surface area contributed by atoms with E-state index >= 15 is 0 Å². The fourth-order valence-electron chi connectivity index (χ4n) is 1.87. The van der Waals surface area contributed by atoms with Crippen LogP contribution in [0.2, 0.25) is 10.0 Å². The molecule has 0 fully saturated rings. The molecule has 2 aromatic rings. The van der Waals surface area contributed by atoms with Gasteiger partial charge < -0.3 is 5.11 Å². The quantitative estimate of drug-likeness (QED) is 0.719. The largest absolute Gasteiger partial charge is 0.384 e. The van der Waals surface area contributed by atoms with Crippen LogP contribution in [0.25, 0.3) is 0 Å². The van der Waals surface area contributed by atoms with Crippen molar-refractivity contribution in [2.45, 2.75) is 13.0 Å². The predicted molar refractivity (Wildman–Crippen MR) is 79.4 cm³/mol. The summed E-state index contributed by atoms with van der Waals surface area (Å²) in [6, 6.07) is 8.17. The molecule has 1 unspecified atom stereocenters. The molecule has 0 aliphatic carbocycles. The topological polar surface area (TPSA) is 20.2 Å². The minimum atomic E-state index is -1.08. The first-order chi connectivity index (χ1) is 8.91. The van der Waals surface area contributed by atoms with E-state index in [2.05, 4.69) is 15.9 Å². The smallest absolute Gasteiger partial charge is 0.149 e. The molecule has 0 aliphatic rings. The average Bonchev–Trinajstić information content (AvgIpc) is 2.35. The van der Waals surface area contributed by atoms with Crippen molar-refractivity contribution in [1.82, 2.24) is 0 Å². The van der Waals surface area contributed by atoms with E-state index < -0.39 is 11.9 Å². The number of halogens is 4. The second-order valence-electron chi connectivity index (χ2n) is 4.17. The fraction of sp³-hybridized carbons (Fsp3) is 0.143. The second kappa shape index (κ2) is 5.80. The number of hydrogen-bond donors (Lipinski definition) is 1. The third-order valence-corrected chi connectivity index (χ3v) is 4.38. The third kappa shape index (κ3) is 2.95. The van der Waals surface area contributed by atoms with Crippen LogP contribution in [-0.4, -0.2) is 5.11 Å². The van der Waals surface area contributed by atoms with Gasteiger partial charge in [-0.05, 0) is 52.2 Å². The maximum absolute atomic E-state index is 14.1. The summed E-state index contributed by atoms with van der Waals surface area (Å²) in [5.74, 6) is -0.627. The number of aliphatic hydroxyl groups excluding tert-OH is 1. The monoisotopic (exact) mass is 362 g/mol. The van der Waals surface area contributed by atoms with Gasteiger partial charge in [-0.3, -0.25) is 0 Å². The van der Waals surface area contributed by atoms with E-state index in [9.17, 15) is 9.50 Å². The summed E-state index contributed by atoms with van der Waals surface area (Å²) in [7, 11) is 0. The summed E-state index contributed by atoms with van der Waals surface area (Å²) >= 11 is 14.8. The van der Waals surface area contributed by atoms with E-state index in [0.717, 1.165) is 5.56 Å². The first-order valence-electron chi connectivity index (χ1n) is 5.49. The van der Waals surface area contributed by atoms with Gasteiger partial charge in [0.1, 0.15) is 11.9 Å². The van der Waals surface area contributed by atoms with Crippen LogP contribution in [0.5, 0.6) is 0 Å². The van der Waals surface area contributed by atoms with Gasteiger partial charge >= 0.3 is 0 Å². The summed E-state index contributed by atoms with van der Waals surface area (Å²) in [6.07, 6.45) is -1.08. The highest BCUT2D eigenvalue weighted by Gasteiger charge is 2.20. The van der Waals surface area contributed by atoms with Crippen molar-refractivity contribution in [3.8, 4) is 0 Å². The number of aryl methyl sites for hydroxylation is 1. The molecule has 0 aromatic heterocycles. The van der Waals surface area contributed by atoms with E-state index in [-0.39, 0.29) is 10.6 Å². The molecule has 5 heteroatoms. The maximum Gasteiger partial charge on any atom is 0.149 e. The lowest BCUT2D eigenvalue weighted by Crippen LogP contribution is -2.05. The molecule has 2 aromatic carbocycles. The minimum Gasteiger partial charge on any atom is -0.384 e. The summed E-state index contributed by atoms with van der Waals surface area (Å²) in [4.78, 5) is 0. The van der Waals surface area contributed by atoms with Gasteiger partial charge in [0.15, 0.2) is 0 Å². The molecule has 0 saturated carbocycles. The molecule has 0 heterocycles.